The predicted octanol–water partition coefficient (Wildman–Crippen LogP) is 4.65. The number of benzene rings is 1. The maximum absolute atomic E-state index is 13.9. The van der Waals surface area contributed by atoms with Crippen LogP contribution in [0.15, 0.2) is 42.6 Å². The van der Waals surface area contributed by atoms with Crippen LogP contribution in [0, 0.1) is 29.9 Å². The molecule has 1 unspecified atom stereocenters. The summed E-state index contributed by atoms with van der Waals surface area (Å²) in [5.74, 6) is -2.03. The van der Waals surface area contributed by atoms with Gasteiger partial charge >= 0.3 is 12.2 Å². The molecular formula is C26H24F5N7O2. The Morgan fingerprint density at radius 1 is 1.15 bits per heavy atom. The Morgan fingerprint density at radius 2 is 1.80 bits per heavy atom. The Kier molecular flexibility index (Phi) is 8.15. The molecule has 3 aromatic rings. The molecule has 1 fully saturated rings. The lowest BCUT2D eigenvalue weighted by molar-refractivity contribution is -0.141. The Morgan fingerprint density at radius 3 is 2.42 bits per heavy atom. The molecule has 4 rings (SSSR count). The summed E-state index contributed by atoms with van der Waals surface area (Å²) in [5.41, 5.74) is 3.51. The number of aryl methyl sites for hydroxylation is 1. The molecule has 40 heavy (non-hydrogen) atoms. The van der Waals surface area contributed by atoms with Gasteiger partial charge in [0.2, 0.25) is 5.88 Å². The van der Waals surface area contributed by atoms with Gasteiger partial charge in [0.25, 0.3) is 0 Å². The van der Waals surface area contributed by atoms with E-state index in [0.717, 1.165) is 24.3 Å². The first kappa shape index (κ1) is 28.6. The summed E-state index contributed by atoms with van der Waals surface area (Å²) in [7, 11) is 0. The second kappa shape index (κ2) is 11.4. The standard InChI is InChI=1S/C26H24F5N7O2/c1-15-34-12-17(25(33,13-32)14-40-21-7-3-6-20(36-21)26(29,30)31)22(35-15)16-8-10-38(11-9-16)24(39)37-23-18(27)4-2-5-19(23)28/h2-7,12,16H,8-11,14,33H2,1H3,(H,37,39). The van der Waals surface area contributed by atoms with Crippen LogP contribution in [0.2, 0.25) is 0 Å². The van der Waals surface area contributed by atoms with Gasteiger partial charge < -0.3 is 20.7 Å². The molecule has 9 nitrogen and oxygen atoms in total. The van der Waals surface area contributed by atoms with E-state index in [-0.39, 0.29) is 30.5 Å². The van der Waals surface area contributed by atoms with Crippen molar-refractivity contribution in [1.29, 1.82) is 5.26 Å². The number of alkyl halides is 3. The van der Waals surface area contributed by atoms with Crippen LogP contribution in [0.5, 0.6) is 5.88 Å². The number of carbonyl (C=O) groups is 1. The molecule has 2 aromatic heterocycles. The van der Waals surface area contributed by atoms with E-state index in [1.54, 1.807) is 6.92 Å². The summed E-state index contributed by atoms with van der Waals surface area (Å²) < 4.78 is 72.4. The molecule has 3 N–H and O–H groups in total. The lowest BCUT2D eigenvalue weighted by Gasteiger charge is -2.34. The molecule has 0 radical (unpaired) electrons. The smallest absolute Gasteiger partial charge is 0.433 e. The normalized spacial score (nSPS) is 15.7. The zero-order chi connectivity index (χ0) is 29.1. The maximum atomic E-state index is 13.9. The quantitative estimate of drug-likeness (QED) is 0.419. The maximum Gasteiger partial charge on any atom is 0.433 e. The number of rotatable bonds is 6. The van der Waals surface area contributed by atoms with E-state index in [4.69, 9.17) is 10.5 Å². The average Bonchev–Trinajstić information content (AvgIpc) is 2.93. The lowest BCUT2D eigenvalue weighted by Crippen LogP contribution is -2.44. The average molecular weight is 562 g/mol. The molecule has 2 amide bonds. The molecule has 1 atom stereocenters. The number of hydrogen-bond donors (Lipinski definition) is 2. The molecule has 0 saturated carbocycles. The minimum atomic E-state index is -4.68. The molecule has 1 saturated heterocycles. The molecule has 1 aliphatic rings. The number of carbonyl (C=O) groups excluding carboxylic acids is 1. The van der Waals surface area contributed by atoms with Crippen molar-refractivity contribution in [3.8, 4) is 11.9 Å². The van der Waals surface area contributed by atoms with Crippen molar-refractivity contribution < 1.29 is 31.5 Å². The van der Waals surface area contributed by atoms with Crippen LogP contribution in [-0.4, -0.2) is 45.6 Å². The van der Waals surface area contributed by atoms with E-state index in [0.29, 0.717) is 24.4 Å². The van der Waals surface area contributed by atoms with Crippen molar-refractivity contribution in [3.63, 3.8) is 0 Å². The van der Waals surface area contributed by atoms with Crippen LogP contribution >= 0.6 is 0 Å². The van der Waals surface area contributed by atoms with Crippen LogP contribution in [0.25, 0.3) is 0 Å². The van der Waals surface area contributed by atoms with E-state index in [9.17, 15) is 32.0 Å². The largest absolute Gasteiger partial charge is 0.474 e. The highest BCUT2D eigenvalue weighted by atomic mass is 19.4. The highest BCUT2D eigenvalue weighted by Gasteiger charge is 2.37. The van der Waals surface area contributed by atoms with Crippen molar-refractivity contribution >= 4 is 11.7 Å². The zero-order valence-electron chi connectivity index (χ0n) is 21.2. The van der Waals surface area contributed by atoms with Gasteiger partial charge in [-0.2, -0.15) is 18.4 Å². The lowest BCUT2D eigenvalue weighted by atomic mass is 9.84. The highest BCUT2D eigenvalue weighted by Crippen LogP contribution is 2.34. The Hall–Kier alpha value is -4.38. The third-order valence-corrected chi connectivity index (χ3v) is 6.44. The number of likely N-dealkylation sites (tertiary alicyclic amines) is 1. The number of nitriles is 1. The summed E-state index contributed by atoms with van der Waals surface area (Å²) >= 11 is 0. The van der Waals surface area contributed by atoms with Crippen molar-refractivity contribution in [2.24, 2.45) is 5.73 Å². The number of nitrogens with two attached hydrogens (primary N) is 1. The van der Waals surface area contributed by atoms with E-state index < -0.39 is 47.4 Å². The van der Waals surface area contributed by atoms with Crippen molar-refractivity contribution in [3.05, 3.63) is 77.0 Å². The van der Waals surface area contributed by atoms with E-state index in [1.165, 1.54) is 23.2 Å². The second-order valence-corrected chi connectivity index (χ2v) is 9.23. The second-order valence-electron chi connectivity index (χ2n) is 9.23. The van der Waals surface area contributed by atoms with Gasteiger partial charge in [-0.25, -0.2) is 28.5 Å². The Bertz CT molecular complexity index is 1420. The first-order valence-electron chi connectivity index (χ1n) is 12.1. The van der Waals surface area contributed by atoms with Crippen LogP contribution in [0.4, 0.5) is 32.4 Å². The number of pyridine rings is 1. The minimum absolute atomic E-state index is 0.212. The fourth-order valence-electron chi connectivity index (χ4n) is 4.31. The fraction of sp³-hybridized carbons (Fsp3) is 0.346. The monoisotopic (exact) mass is 561 g/mol. The first-order valence-corrected chi connectivity index (χ1v) is 12.1. The van der Waals surface area contributed by atoms with Crippen LogP contribution in [0.3, 0.4) is 0 Å². The third kappa shape index (κ3) is 6.26. The number of amides is 2. The Balaban J connectivity index is 1.49. The first-order chi connectivity index (χ1) is 18.9. The zero-order valence-corrected chi connectivity index (χ0v) is 21.2. The fourth-order valence-corrected chi connectivity index (χ4v) is 4.31. The molecule has 0 spiro atoms. The minimum Gasteiger partial charge on any atom is -0.474 e. The van der Waals surface area contributed by atoms with Gasteiger partial charge in [-0.3, -0.25) is 0 Å². The molecule has 210 valence electrons. The number of piperidine rings is 1. The molecule has 14 heteroatoms. The summed E-state index contributed by atoms with van der Waals surface area (Å²) in [4.78, 5) is 26.1. The highest BCUT2D eigenvalue weighted by molar-refractivity contribution is 5.89. The van der Waals surface area contributed by atoms with Crippen molar-refractivity contribution in [2.75, 3.05) is 25.0 Å². The van der Waals surface area contributed by atoms with Crippen molar-refractivity contribution in [1.82, 2.24) is 19.9 Å². The summed E-state index contributed by atoms with van der Waals surface area (Å²) in [6.45, 7) is 1.53. The number of aromatic nitrogens is 3. The number of para-hydroxylation sites is 1. The number of nitrogens with one attached hydrogen (secondary N) is 1. The number of nitrogens with zero attached hydrogens (tertiary/aromatic N) is 5. The van der Waals surface area contributed by atoms with Gasteiger partial charge in [-0.15, -0.1) is 0 Å². The van der Waals surface area contributed by atoms with E-state index >= 15 is 0 Å². The number of ether oxygens (including phenoxy) is 1. The van der Waals surface area contributed by atoms with Crippen LogP contribution < -0.4 is 15.8 Å². The topological polar surface area (TPSA) is 130 Å². The number of halogens is 5. The van der Waals surface area contributed by atoms with Gasteiger partial charge in [-0.05, 0) is 38.0 Å². The summed E-state index contributed by atoms with van der Waals surface area (Å²) in [5, 5.41) is 12.2. The van der Waals surface area contributed by atoms with Gasteiger partial charge in [0.15, 0.2) is 5.54 Å². The third-order valence-electron chi connectivity index (χ3n) is 6.44. The van der Waals surface area contributed by atoms with E-state index in [2.05, 4.69) is 20.3 Å². The van der Waals surface area contributed by atoms with Gasteiger partial charge in [0, 0.05) is 36.8 Å². The molecule has 0 bridgehead atoms. The summed E-state index contributed by atoms with van der Waals surface area (Å²) in [6.07, 6.45) is -2.53. The van der Waals surface area contributed by atoms with Gasteiger partial charge in [0.05, 0.1) is 11.8 Å². The number of anilines is 1. The molecular weight excluding hydrogens is 537 g/mol. The number of hydrogen-bond acceptors (Lipinski definition) is 7. The molecule has 3 heterocycles. The molecule has 1 aliphatic heterocycles. The predicted molar refractivity (Wildman–Crippen MR) is 132 cm³/mol. The van der Waals surface area contributed by atoms with Crippen LogP contribution in [0.1, 0.15) is 41.5 Å². The van der Waals surface area contributed by atoms with E-state index in [1.807, 2.05) is 6.07 Å². The molecule has 1 aromatic carbocycles. The van der Waals surface area contributed by atoms with Crippen molar-refractivity contribution in [2.45, 2.75) is 37.4 Å². The van der Waals surface area contributed by atoms with Gasteiger partial charge in [0.1, 0.15) is 35.4 Å². The SMILES string of the molecule is Cc1ncc(C(N)(C#N)COc2cccc(C(F)(F)F)n2)c(C2CCN(C(=O)Nc3c(F)cccc3F)CC2)n1. The number of urea groups is 1. The summed E-state index contributed by atoms with van der Waals surface area (Å²) in [6, 6.07) is 7.66. The Labute approximate surface area is 225 Å². The van der Waals surface area contributed by atoms with Gasteiger partial charge in [-0.1, -0.05) is 12.1 Å². The van der Waals surface area contributed by atoms with Crippen LogP contribution in [-0.2, 0) is 11.7 Å². The molecule has 0 aliphatic carbocycles.